The summed E-state index contributed by atoms with van der Waals surface area (Å²) in [7, 11) is 0. The minimum absolute atomic E-state index is 0.0880. The number of carbonyl (C=O) groups excluding carboxylic acids is 1. The molecule has 0 spiro atoms. The van der Waals surface area contributed by atoms with E-state index in [0.717, 1.165) is 18.5 Å². The molecule has 4 nitrogen and oxygen atoms in total. The number of rotatable bonds is 11. The fourth-order valence-electron chi connectivity index (χ4n) is 3.43. The molecule has 0 aliphatic rings. The summed E-state index contributed by atoms with van der Waals surface area (Å²) in [6.45, 7) is 3.03. The highest BCUT2D eigenvalue weighted by Crippen LogP contribution is 2.31. The minimum atomic E-state index is -1.18. The number of anilines is 1. The monoisotopic (exact) mass is 401 g/mol. The summed E-state index contributed by atoms with van der Waals surface area (Å²) in [5, 5.41) is 14.7. The number of hydrogen-bond acceptors (Lipinski definition) is 3. The molecule has 0 bridgehead atoms. The van der Waals surface area contributed by atoms with Crippen molar-refractivity contribution in [3.05, 3.63) is 66.0 Å². The number of para-hydroxylation sites is 1. The van der Waals surface area contributed by atoms with Crippen LogP contribution < -0.4 is 10.6 Å². The maximum Gasteiger partial charge on any atom is 0.246 e. The second kappa shape index (κ2) is 10.7. The Morgan fingerprint density at radius 1 is 1.14 bits per heavy atom. The molecule has 0 saturated heterocycles. The Morgan fingerprint density at radius 3 is 2.38 bits per heavy atom. The number of unbranched alkanes of at least 4 members (excludes halogenated alkanes) is 1. The molecule has 2 aromatic rings. The largest absolute Gasteiger partial charge is 0.371 e. The molecule has 2 unspecified atom stereocenters. The van der Waals surface area contributed by atoms with E-state index in [1.165, 1.54) is 12.1 Å². The smallest absolute Gasteiger partial charge is 0.246 e. The number of alkyl halides is 1. The van der Waals surface area contributed by atoms with Crippen molar-refractivity contribution in [2.45, 2.75) is 38.6 Å². The average molecular weight is 402 g/mol. The van der Waals surface area contributed by atoms with Crippen LogP contribution in [0.5, 0.6) is 0 Å². The van der Waals surface area contributed by atoms with Gasteiger partial charge in [-0.15, -0.1) is 0 Å². The van der Waals surface area contributed by atoms with E-state index in [9.17, 15) is 13.6 Å². The molecule has 0 aromatic heterocycles. The zero-order valence-corrected chi connectivity index (χ0v) is 17.0. The molecule has 2 aromatic carbocycles. The van der Waals surface area contributed by atoms with Crippen LogP contribution >= 0.6 is 0 Å². The van der Waals surface area contributed by atoms with Gasteiger partial charge in [-0.2, -0.15) is 0 Å². The van der Waals surface area contributed by atoms with Crippen molar-refractivity contribution in [3.8, 4) is 0 Å². The van der Waals surface area contributed by atoms with Gasteiger partial charge >= 0.3 is 0 Å². The second-order valence-corrected chi connectivity index (χ2v) is 7.25. The normalized spacial score (nSPS) is 13.9. The first-order valence-corrected chi connectivity index (χ1v) is 9.94. The fraction of sp³-hybridized carbons (Fsp3) is 0.391. The first kappa shape index (κ1) is 22.5. The van der Waals surface area contributed by atoms with Gasteiger partial charge in [0, 0.05) is 23.9 Å². The lowest BCUT2D eigenvalue weighted by atomic mass is 9.75. The molecule has 0 heterocycles. The van der Waals surface area contributed by atoms with Crippen molar-refractivity contribution in [2.75, 3.05) is 18.5 Å². The van der Waals surface area contributed by atoms with Crippen LogP contribution in [0.3, 0.4) is 0 Å². The molecule has 3 N–H and O–H groups in total. The Balaban J connectivity index is 2.45. The molecular weight excluding hydrogens is 372 g/mol. The highest BCUT2D eigenvalue weighted by atomic mass is 19.1. The summed E-state index contributed by atoms with van der Waals surface area (Å²) in [5.41, 5.74) is 0.363. The van der Waals surface area contributed by atoms with Crippen molar-refractivity contribution in [2.24, 2.45) is 5.92 Å². The van der Waals surface area contributed by atoms with Crippen LogP contribution in [-0.2, 0) is 4.79 Å². The van der Waals surface area contributed by atoms with Crippen molar-refractivity contribution < 1.29 is 13.6 Å². The van der Waals surface area contributed by atoms with Gasteiger partial charge in [-0.05, 0) is 43.2 Å². The molecule has 0 saturated carbocycles. The second-order valence-electron chi connectivity index (χ2n) is 7.25. The number of benzene rings is 2. The van der Waals surface area contributed by atoms with Crippen LogP contribution in [-0.4, -0.2) is 30.4 Å². The molecule has 1 amide bonds. The Kier molecular flexibility index (Phi) is 8.31. The van der Waals surface area contributed by atoms with E-state index in [4.69, 9.17) is 5.41 Å². The van der Waals surface area contributed by atoms with E-state index in [1.54, 1.807) is 19.1 Å². The number of carbonyl (C=O) groups is 1. The van der Waals surface area contributed by atoms with Gasteiger partial charge in [-0.25, -0.2) is 8.78 Å². The molecule has 2 atom stereocenters. The van der Waals surface area contributed by atoms with Gasteiger partial charge in [0.25, 0.3) is 0 Å². The number of hydrogen-bond donors (Lipinski definition) is 3. The Labute approximate surface area is 171 Å². The molecule has 0 aliphatic heterocycles. The molecule has 0 aliphatic carbocycles. The zero-order valence-electron chi connectivity index (χ0n) is 17.0. The molecule has 0 fully saturated rings. The molecule has 156 valence electrons. The summed E-state index contributed by atoms with van der Waals surface area (Å²) < 4.78 is 26.1. The number of amides is 1. The molecule has 29 heavy (non-hydrogen) atoms. The van der Waals surface area contributed by atoms with Gasteiger partial charge in [0.1, 0.15) is 18.0 Å². The summed E-state index contributed by atoms with van der Waals surface area (Å²) >= 11 is 0. The van der Waals surface area contributed by atoms with Crippen LogP contribution in [0.15, 0.2) is 54.6 Å². The summed E-state index contributed by atoms with van der Waals surface area (Å²) in [5.74, 6) is -1.24. The lowest BCUT2D eigenvalue weighted by Gasteiger charge is -2.38. The standard InChI is InChI=1S/C23H29F2N3O/c1-3-4-10-20(21(26)17-11-13-18(25)14-12-17)23(2,22(29)27-16-15-24)28-19-8-6-5-7-9-19/h5-9,11-14,20,26,28H,3-4,10,15-16H2,1-2H3,(H,27,29). The SMILES string of the molecule is CCCCC(C(=N)c1ccc(F)cc1)C(C)(Nc1ccccc1)C(=O)NCCF. The zero-order chi connectivity index (χ0) is 21.3. The Hall–Kier alpha value is -2.76. The fourth-order valence-corrected chi connectivity index (χ4v) is 3.43. The summed E-state index contributed by atoms with van der Waals surface area (Å²) in [4.78, 5) is 13.1. The summed E-state index contributed by atoms with van der Waals surface area (Å²) in [6, 6.07) is 15.0. The predicted octanol–water partition coefficient (Wildman–Crippen LogP) is 4.96. The maximum atomic E-state index is 13.4. The number of nitrogens with one attached hydrogen (secondary N) is 3. The van der Waals surface area contributed by atoms with Crippen LogP contribution in [0.1, 0.15) is 38.7 Å². The Bertz CT molecular complexity index is 796. The van der Waals surface area contributed by atoms with E-state index in [1.807, 2.05) is 37.3 Å². The van der Waals surface area contributed by atoms with Gasteiger partial charge in [-0.3, -0.25) is 4.79 Å². The van der Waals surface area contributed by atoms with Crippen LogP contribution in [0.2, 0.25) is 0 Å². The van der Waals surface area contributed by atoms with E-state index >= 15 is 0 Å². The molecule has 6 heteroatoms. The van der Waals surface area contributed by atoms with Crippen molar-refractivity contribution in [3.63, 3.8) is 0 Å². The van der Waals surface area contributed by atoms with Gasteiger partial charge in [0.2, 0.25) is 5.91 Å². The van der Waals surface area contributed by atoms with E-state index in [0.29, 0.717) is 12.0 Å². The van der Waals surface area contributed by atoms with E-state index in [2.05, 4.69) is 10.6 Å². The molecular formula is C23H29F2N3O. The summed E-state index contributed by atoms with van der Waals surface area (Å²) in [6.07, 6.45) is 2.31. The highest BCUT2D eigenvalue weighted by Gasteiger charge is 2.43. The maximum absolute atomic E-state index is 13.4. The number of halogens is 2. The Morgan fingerprint density at radius 2 is 1.79 bits per heavy atom. The first-order chi connectivity index (χ1) is 13.9. The lowest BCUT2D eigenvalue weighted by Crippen LogP contribution is -2.57. The van der Waals surface area contributed by atoms with Crippen LogP contribution in [0.25, 0.3) is 0 Å². The third kappa shape index (κ3) is 5.86. The van der Waals surface area contributed by atoms with Crippen LogP contribution in [0.4, 0.5) is 14.5 Å². The molecule has 0 radical (unpaired) electrons. The van der Waals surface area contributed by atoms with Crippen LogP contribution in [0, 0.1) is 17.1 Å². The molecule has 2 rings (SSSR count). The van der Waals surface area contributed by atoms with E-state index in [-0.39, 0.29) is 24.0 Å². The quantitative estimate of drug-likeness (QED) is 0.466. The van der Waals surface area contributed by atoms with Gasteiger partial charge in [0.15, 0.2) is 0 Å². The van der Waals surface area contributed by atoms with Gasteiger partial charge in [0.05, 0.1) is 0 Å². The van der Waals surface area contributed by atoms with Gasteiger partial charge in [-0.1, -0.05) is 50.1 Å². The average Bonchev–Trinajstić information content (AvgIpc) is 2.73. The predicted molar refractivity (Wildman–Crippen MR) is 114 cm³/mol. The van der Waals surface area contributed by atoms with Crippen molar-refractivity contribution in [1.29, 1.82) is 5.41 Å². The first-order valence-electron chi connectivity index (χ1n) is 9.94. The minimum Gasteiger partial charge on any atom is -0.371 e. The van der Waals surface area contributed by atoms with Gasteiger partial charge < -0.3 is 16.0 Å². The third-order valence-electron chi connectivity index (χ3n) is 5.08. The van der Waals surface area contributed by atoms with E-state index < -0.39 is 18.1 Å². The third-order valence-corrected chi connectivity index (χ3v) is 5.08. The topological polar surface area (TPSA) is 65.0 Å². The van der Waals surface area contributed by atoms with Crippen molar-refractivity contribution in [1.82, 2.24) is 5.32 Å². The van der Waals surface area contributed by atoms with Crippen molar-refractivity contribution >= 4 is 17.3 Å². The lowest BCUT2D eigenvalue weighted by molar-refractivity contribution is -0.126. The highest BCUT2D eigenvalue weighted by molar-refractivity contribution is 6.05.